The number of imidazole rings is 1. The van der Waals surface area contributed by atoms with Crippen LogP contribution >= 0.6 is 0 Å². The standard InChI is InChI=1S/C22H24N4O5S/c1-16-4-2-5-21-23-18(15-26(16)21)22(27)24-8-10-25(11-9-24)32(28,29)17-6-7-19-20(14-17)31-13-3-12-30-19/h2,4-7,14-15H,3,8-13H2,1H3. The topological polar surface area (TPSA) is 93.5 Å². The average Bonchev–Trinajstić information content (AvgIpc) is 3.11. The number of fused-ring (bicyclic) bond motifs is 2. The minimum Gasteiger partial charge on any atom is -0.490 e. The van der Waals surface area contributed by atoms with Crippen LogP contribution in [0.3, 0.4) is 0 Å². The van der Waals surface area contributed by atoms with Crippen molar-refractivity contribution in [3.05, 3.63) is 54.0 Å². The normalized spacial score (nSPS) is 17.3. The van der Waals surface area contributed by atoms with Crippen molar-refractivity contribution in [2.24, 2.45) is 0 Å². The van der Waals surface area contributed by atoms with Crippen LogP contribution < -0.4 is 9.47 Å². The summed E-state index contributed by atoms with van der Waals surface area (Å²) in [6.45, 7) is 4.02. The van der Waals surface area contributed by atoms with Crippen molar-refractivity contribution in [1.82, 2.24) is 18.6 Å². The van der Waals surface area contributed by atoms with Crippen LogP contribution in [0, 0.1) is 6.92 Å². The van der Waals surface area contributed by atoms with Gasteiger partial charge < -0.3 is 18.8 Å². The van der Waals surface area contributed by atoms with E-state index in [0.29, 0.717) is 49.1 Å². The Hall–Kier alpha value is -3.11. The van der Waals surface area contributed by atoms with Crippen molar-refractivity contribution in [2.75, 3.05) is 39.4 Å². The third kappa shape index (κ3) is 3.69. The molecule has 10 heteroatoms. The van der Waals surface area contributed by atoms with Gasteiger partial charge in [0.2, 0.25) is 10.0 Å². The van der Waals surface area contributed by atoms with E-state index >= 15 is 0 Å². The molecule has 1 fully saturated rings. The summed E-state index contributed by atoms with van der Waals surface area (Å²) in [7, 11) is -3.71. The number of hydrogen-bond donors (Lipinski definition) is 0. The van der Waals surface area contributed by atoms with E-state index in [9.17, 15) is 13.2 Å². The van der Waals surface area contributed by atoms with E-state index in [1.807, 2.05) is 29.5 Å². The summed E-state index contributed by atoms with van der Waals surface area (Å²) < 4.78 is 40.8. The molecule has 9 nitrogen and oxygen atoms in total. The molecule has 0 atom stereocenters. The molecule has 0 saturated carbocycles. The largest absolute Gasteiger partial charge is 0.490 e. The Morgan fingerprint density at radius 3 is 2.50 bits per heavy atom. The summed E-state index contributed by atoms with van der Waals surface area (Å²) in [5, 5.41) is 0. The first kappa shape index (κ1) is 20.8. The molecule has 0 N–H and O–H groups in total. The molecule has 4 heterocycles. The first-order chi connectivity index (χ1) is 15.4. The quantitative estimate of drug-likeness (QED) is 0.598. The lowest BCUT2D eigenvalue weighted by Gasteiger charge is -2.33. The lowest BCUT2D eigenvalue weighted by Crippen LogP contribution is -2.50. The Morgan fingerprint density at radius 1 is 1.00 bits per heavy atom. The van der Waals surface area contributed by atoms with Gasteiger partial charge in [0.1, 0.15) is 11.3 Å². The summed E-state index contributed by atoms with van der Waals surface area (Å²) in [5.41, 5.74) is 2.06. The number of benzene rings is 1. The zero-order valence-corrected chi connectivity index (χ0v) is 18.5. The maximum absolute atomic E-state index is 13.2. The third-order valence-corrected chi connectivity index (χ3v) is 7.69. The van der Waals surface area contributed by atoms with E-state index < -0.39 is 10.0 Å². The average molecular weight is 457 g/mol. The molecule has 5 rings (SSSR count). The highest BCUT2D eigenvalue weighted by molar-refractivity contribution is 7.89. The number of amides is 1. The fourth-order valence-electron chi connectivity index (χ4n) is 4.00. The zero-order valence-electron chi connectivity index (χ0n) is 17.7. The van der Waals surface area contributed by atoms with Gasteiger partial charge >= 0.3 is 0 Å². The number of aromatic nitrogens is 2. The highest BCUT2D eigenvalue weighted by atomic mass is 32.2. The number of nitrogens with zero attached hydrogens (tertiary/aromatic N) is 4. The van der Waals surface area contributed by atoms with Crippen LogP contribution in [-0.2, 0) is 10.0 Å². The van der Waals surface area contributed by atoms with Crippen LogP contribution in [0.5, 0.6) is 11.5 Å². The lowest BCUT2D eigenvalue weighted by atomic mass is 10.3. The molecule has 0 bridgehead atoms. The molecular weight excluding hydrogens is 432 g/mol. The van der Waals surface area contributed by atoms with E-state index in [-0.39, 0.29) is 23.9 Å². The Balaban J connectivity index is 1.30. The molecular formula is C22H24N4O5S. The Bertz CT molecular complexity index is 1280. The molecule has 168 valence electrons. The van der Waals surface area contributed by atoms with Gasteiger partial charge in [-0.25, -0.2) is 13.4 Å². The molecule has 2 aliphatic rings. The second kappa shape index (κ2) is 8.10. The highest BCUT2D eigenvalue weighted by Crippen LogP contribution is 2.33. The smallest absolute Gasteiger partial charge is 0.274 e. The van der Waals surface area contributed by atoms with Crippen molar-refractivity contribution < 1.29 is 22.7 Å². The van der Waals surface area contributed by atoms with E-state index in [1.54, 1.807) is 23.2 Å². The Morgan fingerprint density at radius 2 is 1.75 bits per heavy atom. The molecule has 1 saturated heterocycles. The summed E-state index contributed by atoms with van der Waals surface area (Å²) >= 11 is 0. The van der Waals surface area contributed by atoms with Gasteiger partial charge in [-0.05, 0) is 31.2 Å². The van der Waals surface area contributed by atoms with E-state index in [4.69, 9.17) is 9.47 Å². The van der Waals surface area contributed by atoms with Gasteiger partial charge in [0, 0.05) is 50.6 Å². The predicted molar refractivity (Wildman–Crippen MR) is 117 cm³/mol. The molecule has 0 aliphatic carbocycles. The first-order valence-corrected chi connectivity index (χ1v) is 12.0. The van der Waals surface area contributed by atoms with Crippen molar-refractivity contribution in [1.29, 1.82) is 0 Å². The number of ether oxygens (including phenoxy) is 2. The summed E-state index contributed by atoms with van der Waals surface area (Å²) in [6, 6.07) is 10.4. The van der Waals surface area contributed by atoms with E-state index in [0.717, 1.165) is 12.1 Å². The molecule has 1 aromatic carbocycles. The van der Waals surface area contributed by atoms with Gasteiger partial charge in [0.05, 0.1) is 18.1 Å². The van der Waals surface area contributed by atoms with Crippen LogP contribution in [0.15, 0.2) is 47.5 Å². The molecule has 32 heavy (non-hydrogen) atoms. The number of carbonyl (C=O) groups excluding carboxylic acids is 1. The van der Waals surface area contributed by atoms with Gasteiger partial charge in [-0.15, -0.1) is 0 Å². The van der Waals surface area contributed by atoms with Crippen LogP contribution in [0.2, 0.25) is 0 Å². The van der Waals surface area contributed by atoms with Crippen LogP contribution in [0.1, 0.15) is 22.6 Å². The maximum Gasteiger partial charge on any atom is 0.274 e. The molecule has 2 aliphatic heterocycles. The number of hydrogen-bond acceptors (Lipinski definition) is 6. The van der Waals surface area contributed by atoms with Crippen molar-refractivity contribution >= 4 is 21.6 Å². The van der Waals surface area contributed by atoms with Crippen molar-refractivity contribution in [2.45, 2.75) is 18.2 Å². The number of rotatable bonds is 3. The van der Waals surface area contributed by atoms with Crippen LogP contribution in [0.25, 0.3) is 5.65 Å². The summed E-state index contributed by atoms with van der Waals surface area (Å²) in [5.74, 6) is 0.805. The maximum atomic E-state index is 13.2. The van der Waals surface area contributed by atoms with Gasteiger partial charge in [0.15, 0.2) is 11.5 Å². The molecule has 0 unspecified atom stereocenters. The number of carbonyl (C=O) groups is 1. The Labute approximate surface area is 186 Å². The molecule has 0 radical (unpaired) electrons. The minimum atomic E-state index is -3.71. The van der Waals surface area contributed by atoms with Gasteiger partial charge in [-0.2, -0.15) is 4.31 Å². The predicted octanol–water partition coefficient (Wildman–Crippen LogP) is 1.95. The zero-order chi connectivity index (χ0) is 22.3. The summed E-state index contributed by atoms with van der Waals surface area (Å²) in [6.07, 6.45) is 2.48. The van der Waals surface area contributed by atoms with Gasteiger partial charge in [-0.3, -0.25) is 4.79 Å². The second-order valence-electron chi connectivity index (χ2n) is 7.88. The first-order valence-electron chi connectivity index (χ1n) is 10.6. The number of sulfonamides is 1. The molecule has 0 spiro atoms. The lowest BCUT2D eigenvalue weighted by molar-refractivity contribution is 0.0692. The molecule has 1 amide bonds. The Kier molecular flexibility index (Phi) is 5.26. The monoisotopic (exact) mass is 456 g/mol. The van der Waals surface area contributed by atoms with Crippen LogP contribution in [0.4, 0.5) is 0 Å². The number of aryl methyl sites for hydroxylation is 1. The minimum absolute atomic E-state index is 0.164. The van der Waals surface area contributed by atoms with Crippen molar-refractivity contribution in [3.8, 4) is 11.5 Å². The molecule has 3 aromatic rings. The van der Waals surface area contributed by atoms with Crippen LogP contribution in [-0.4, -0.2) is 72.3 Å². The van der Waals surface area contributed by atoms with Crippen molar-refractivity contribution in [3.63, 3.8) is 0 Å². The fraction of sp³-hybridized carbons (Fsp3) is 0.364. The van der Waals surface area contributed by atoms with Gasteiger partial charge in [-0.1, -0.05) is 6.07 Å². The van der Waals surface area contributed by atoms with E-state index in [1.165, 1.54) is 10.4 Å². The third-order valence-electron chi connectivity index (χ3n) is 5.80. The second-order valence-corrected chi connectivity index (χ2v) is 9.81. The molecule has 2 aromatic heterocycles. The number of pyridine rings is 1. The van der Waals surface area contributed by atoms with Gasteiger partial charge in [0.25, 0.3) is 5.91 Å². The highest BCUT2D eigenvalue weighted by Gasteiger charge is 2.32. The van der Waals surface area contributed by atoms with E-state index in [2.05, 4.69) is 4.98 Å². The fourth-order valence-corrected chi connectivity index (χ4v) is 5.44. The SMILES string of the molecule is Cc1cccc2nc(C(=O)N3CCN(S(=O)(=O)c4ccc5c(c4)OCCCO5)CC3)cn12. The number of piperazine rings is 1. The summed E-state index contributed by atoms with van der Waals surface area (Å²) in [4.78, 5) is 19.2.